The lowest BCUT2D eigenvalue weighted by molar-refractivity contribution is -0.122. The van der Waals surface area contributed by atoms with E-state index in [0.717, 1.165) is 5.56 Å². The molecule has 7 heteroatoms. The van der Waals surface area contributed by atoms with Crippen LogP contribution in [0, 0.1) is 5.82 Å². The Bertz CT molecular complexity index is 978. The third kappa shape index (κ3) is 5.62. The molecule has 0 bridgehead atoms. The number of anilines is 1. The van der Waals surface area contributed by atoms with Gasteiger partial charge in [0.05, 0.1) is 11.3 Å². The molecule has 148 valence electrons. The Kier molecular flexibility index (Phi) is 6.52. The predicted octanol–water partition coefficient (Wildman–Crippen LogP) is 3.56. The van der Waals surface area contributed by atoms with Gasteiger partial charge < -0.3 is 15.4 Å². The number of benzene rings is 2. The van der Waals surface area contributed by atoms with E-state index in [1.165, 1.54) is 24.3 Å². The molecule has 0 radical (unpaired) electrons. The first-order valence-electron chi connectivity index (χ1n) is 9.02. The predicted molar refractivity (Wildman–Crippen MR) is 107 cm³/mol. The fraction of sp³-hybridized carbons (Fsp3) is 0.136. The van der Waals surface area contributed by atoms with Crippen LogP contribution in [0.3, 0.4) is 0 Å². The Balaban J connectivity index is 1.63. The second-order valence-corrected chi connectivity index (χ2v) is 6.29. The smallest absolute Gasteiger partial charge is 0.265 e. The van der Waals surface area contributed by atoms with E-state index in [4.69, 9.17) is 4.74 Å². The van der Waals surface area contributed by atoms with Gasteiger partial charge in [0.15, 0.2) is 6.10 Å². The van der Waals surface area contributed by atoms with Crippen LogP contribution in [0.25, 0.3) is 0 Å². The number of para-hydroxylation sites is 1. The van der Waals surface area contributed by atoms with E-state index in [2.05, 4.69) is 15.6 Å². The van der Waals surface area contributed by atoms with E-state index in [9.17, 15) is 14.0 Å². The van der Waals surface area contributed by atoms with Gasteiger partial charge >= 0.3 is 0 Å². The lowest BCUT2D eigenvalue weighted by atomic mass is 10.1. The average molecular weight is 393 g/mol. The minimum atomic E-state index is -0.841. The number of carbonyl (C=O) groups excluding carboxylic acids is 2. The number of carbonyl (C=O) groups is 2. The zero-order valence-electron chi connectivity index (χ0n) is 15.8. The summed E-state index contributed by atoms with van der Waals surface area (Å²) in [5.74, 6) is -0.768. The highest BCUT2D eigenvalue weighted by molar-refractivity contribution is 6.04. The van der Waals surface area contributed by atoms with E-state index in [0.29, 0.717) is 23.5 Å². The molecule has 1 aromatic heterocycles. The Hall–Kier alpha value is -3.74. The maximum atomic E-state index is 13.0. The molecule has 0 unspecified atom stereocenters. The van der Waals surface area contributed by atoms with Crippen molar-refractivity contribution in [1.82, 2.24) is 10.3 Å². The summed E-state index contributed by atoms with van der Waals surface area (Å²) in [6.07, 6.45) is 2.49. The Labute approximate surface area is 167 Å². The molecule has 2 amide bonds. The van der Waals surface area contributed by atoms with Crippen molar-refractivity contribution in [2.75, 3.05) is 5.32 Å². The molecule has 2 aromatic carbocycles. The van der Waals surface area contributed by atoms with E-state index >= 15 is 0 Å². The van der Waals surface area contributed by atoms with Gasteiger partial charge in [0.25, 0.3) is 11.8 Å². The van der Waals surface area contributed by atoms with Gasteiger partial charge in [0.1, 0.15) is 11.6 Å². The fourth-order valence-corrected chi connectivity index (χ4v) is 2.58. The van der Waals surface area contributed by atoms with Gasteiger partial charge in [-0.3, -0.25) is 14.6 Å². The largest absolute Gasteiger partial charge is 0.481 e. The molecule has 6 nitrogen and oxygen atoms in total. The summed E-state index contributed by atoms with van der Waals surface area (Å²) in [7, 11) is 0. The lowest BCUT2D eigenvalue weighted by Crippen LogP contribution is -2.31. The minimum absolute atomic E-state index is 0.318. The molecule has 2 N–H and O–H groups in total. The number of halogens is 1. The number of pyridine rings is 1. The molecule has 3 rings (SSSR count). The SMILES string of the molecule is C[C@@H](Oc1ccc(F)cc1)C(=O)Nc1ccccc1C(=O)NCc1cccnc1. The second kappa shape index (κ2) is 9.45. The van der Waals surface area contributed by atoms with Crippen LogP contribution in [0.4, 0.5) is 10.1 Å². The molecule has 0 aliphatic rings. The van der Waals surface area contributed by atoms with Crippen LogP contribution in [0.1, 0.15) is 22.8 Å². The first-order valence-corrected chi connectivity index (χ1v) is 9.02. The Morgan fingerprint density at radius 1 is 1.07 bits per heavy atom. The van der Waals surface area contributed by atoms with Gasteiger partial charge in [-0.25, -0.2) is 4.39 Å². The number of nitrogens with zero attached hydrogens (tertiary/aromatic N) is 1. The Morgan fingerprint density at radius 3 is 2.55 bits per heavy atom. The number of amides is 2. The first-order chi connectivity index (χ1) is 14.0. The third-order valence-electron chi connectivity index (χ3n) is 4.10. The second-order valence-electron chi connectivity index (χ2n) is 6.29. The van der Waals surface area contributed by atoms with Crippen LogP contribution in [-0.2, 0) is 11.3 Å². The van der Waals surface area contributed by atoms with Crippen LogP contribution in [0.15, 0.2) is 73.1 Å². The molecular weight excluding hydrogens is 373 g/mol. The summed E-state index contributed by atoms with van der Waals surface area (Å²) in [4.78, 5) is 29.1. The van der Waals surface area contributed by atoms with E-state index in [-0.39, 0.29) is 11.7 Å². The zero-order chi connectivity index (χ0) is 20.6. The number of rotatable bonds is 7. The summed E-state index contributed by atoms with van der Waals surface area (Å²) < 4.78 is 18.5. The highest BCUT2D eigenvalue weighted by atomic mass is 19.1. The molecule has 0 fully saturated rings. The van der Waals surface area contributed by atoms with E-state index < -0.39 is 12.0 Å². The molecule has 3 aromatic rings. The zero-order valence-corrected chi connectivity index (χ0v) is 15.8. The molecule has 1 heterocycles. The molecular formula is C22H20FN3O3. The third-order valence-corrected chi connectivity index (χ3v) is 4.10. The van der Waals surface area contributed by atoms with Gasteiger partial charge in [-0.05, 0) is 55.0 Å². The highest BCUT2D eigenvalue weighted by Crippen LogP contribution is 2.17. The topological polar surface area (TPSA) is 80.3 Å². The summed E-state index contributed by atoms with van der Waals surface area (Å²) in [6, 6.07) is 15.7. The van der Waals surface area contributed by atoms with Crippen molar-refractivity contribution in [3.8, 4) is 5.75 Å². The molecule has 0 spiro atoms. The summed E-state index contributed by atoms with van der Waals surface area (Å²) in [6.45, 7) is 1.89. The fourth-order valence-electron chi connectivity index (χ4n) is 2.58. The monoisotopic (exact) mass is 393 g/mol. The van der Waals surface area contributed by atoms with Gasteiger partial charge in [-0.15, -0.1) is 0 Å². The first kappa shape index (κ1) is 20.0. The van der Waals surface area contributed by atoms with Crippen molar-refractivity contribution < 1.29 is 18.7 Å². The highest BCUT2D eigenvalue weighted by Gasteiger charge is 2.18. The minimum Gasteiger partial charge on any atom is -0.481 e. The number of nitrogens with one attached hydrogen (secondary N) is 2. The van der Waals surface area contributed by atoms with Crippen LogP contribution in [-0.4, -0.2) is 22.9 Å². The Morgan fingerprint density at radius 2 is 1.83 bits per heavy atom. The quantitative estimate of drug-likeness (QED) is 0.643. The van der Waals surface area contributed by atoms with Crippen molar-refractivity contribution >= 4 is 17.5 Å². The van der Waals surface area contributed by atoms with Gasteiger partial charge in [0, 0.05) is 18.9 Å². The molecule has 29 heavy (non-hydrogen) atoms. The maximum absolute atomic E-state index is 13.0. The van der Waals surface area contributed by atoms with Crippen LogP contribution >= 0.6 is 0 Å². The standard InChI is InChI=1S/C22H20FN3O3/c1-15(29-18-10-8-17(23)9-11-18)21(27)26-20-7-3-2-6-19(20)22(28)25-14-16-5-4-12-24-13-16/h2-13,15H,14H2,1H3,(H,25,28)(H,26,27)/t15-/m1/s1. The molecule has 0 aliphatic carbocycles. The summed E-state index contributed by atoms with van der Waals surface area (Å²) in [5, 5.41) is 5.52. The number of ether oxygens (including phenoxy) is 1. The molecule has 0 aliphatic heterocycles. The number of hydrogen-bond donors (Lipinski definition) is 2. The summed E-state index contributed by atoms with van der Waals surface area (Å²) in [5.41, 5.74) is 1.57. The van der Waals surface area contributed by atoms with Crippen molar-refractivity contribution in [2.45, 2.75) is 19.6 Å². The van der Waals surface area contributed by atoms with Crippen molar-refractivity contribution in [3.63, 3.8) is 0 Å². The van der Waals surface area contributed by atoms with Crippen LogP contribution in [0.5, 0.6) is 5.75 Å². The maximum Gasteiger partial charge on any atom is 0.265 e. The van der Waals surface area contributed by atoms with E-state index in [1.807, 2.05) is 6.07 Å². The normalized spacial score (nSPS) is 11.4. The summed E-state index contributed by atoms with van der Waals surface area (Å²) >= 11 is 0. The van der Waals surface area contributed by atoms with Crippen molar-refractivity contribution in [2.24, 2.45) is 0 Å². The van der Waals surface area contributed by atoms with E-state index in [1.54, 1.807) is 49.6 Å². The molecule has 1 atom stereocenters. The number of hydrogen-bond acceptors (Lipinski definition) is 4. The van der Waals surface area contributed by atoms with Gasteiger partial charge in [-0.2, -0.15) is 0 Å². The molecule has 0 saturated heterocycles. The van der Waals surface area contributed by atoms with Crippen LogP contribution < -0.4 is 15.4 Å². The van der Waals surface area contributed by atoms with Crippen molar-refractivity contribution in [3.05, 3.63) is 90.0 Å². The number of aromatic nitrogens is 1. The van der Waals surface area contributed by atoms with Gasteiger partial charge in [-0.1, -0.05) is 18.2 Å². The lowest BCUT2D eigenvalue weighted by Gasteiger charge is -2.16. The average Bonchev–Trinajstić information content (AvgIpc) is 2.74. The molecule has 0 saturated carbocycles. The van der Waals surface area contributed by atoms with Crippen LogP contribution in [0.2, 0.25) is 0 Å². The van der Waals surface area contributed by atoms with Crippen molar-refractivity contribution in [1.29, 1.82) is 0 Å². The van der Waals surface area contributed by atoms with Gasteiger partial charge in [0.2, 0.25) is 0 Å².